The molecule has 0 aliphatic rings. The van der Waals surface area contributed by atoms with Crippen LogP contribution in [0, 0.1) is 5.82 Å². The van der Waals surface area contributed by atoms with E-state index in [0.29, 0.717) is 27.8 Å². The van der Waals surface area contributed by atoms with Crippen molar-refractivity contribution in [1.29, 1.82) is 0 Å². The van der Waals surface area contributed by atoms with Crippen molar-refractivity contribution in [3.05, 3.63) is 72.4 Å². The minimum atomic E-state index is -2.70. The first-order valence-electron chi connectivity index (χ1n) is 8.08. The largest absolute Gasteiger partial charge is 0.383 e. The Hall–Kier alpha value is -3.48. The van der Waals surface area contributed by atoms with E-state index in [9.17, 15) is 13.2 Å². The third-order valence-corrected chi connectivity index (χ3v) is 4.28. The molecule has 7 heteroatoms. The van der Waals surface area contributed by atoms with Crippen LogP contribution in [0.15, 0.2) is 61.1 Å². The van der Waals surface area contributed by atoms with Crippen molar-refractivity contribution in [2.45, 2.75) is 6.43 Å². The van der Waals surface area contributed by atoms with Crippen molar-refractivity contribution in [2.24, 2.45) is 0 Å². The second-order valence-corrected chi connectivity index (χ2v) is 5.93. The molecule has 0 bridgehead atoms. The molecule has 4 rings (SSSR count). The van der Waals surface area contributed by atoms with Gasteiger partial charge < -0.3 is 5.73 Å². The minimum absolute atomic E-state index is 0.0146. The molecular formula is C20H13F3N4. The van der Waals surface area contributed by atoms with E-state index >= 15 is 0 Å². The Kier molecular flexibility index (Phi) is 4.19. The van der Waals surface area contributed by atoms with Gasteiger partial charge in [-0.05, 0) is 35.9 Å². The van der Waals surface area contributed by atoms with Crippen molar-refractivity contribution in [1.82, 2.24) is 15.0 Å². The zero-order valence-electron chi connectivity index (χ0n) is 13.9. The molecule has 0 unspecified atom stereocenters. The highest BCUT2D eigenvalue weighted by Crippen LogP contribution is 2.35. The number of benzene rings is 2. The molecule has 2 heterocycles. The topological polar surface area (TPSA) is 64.7 Å². The second-order valence-electron chi connectivity index (χ2n) is 5.93. The van der Waals surface area contributed by atoms with Gasteiger partial charge in [0.2, 0.25) is 0 Å². The molecule has 0 saturated heterocycles. The lowest BCUT2D eigenvalue weighted by atomic mass is 9.97. The molecule has 0 atom stereocenters. The predicted octanol–water partition coefficient (Wildman–Crippen LogP) is 5.02. The summed E-state index contributed by atoms with van der Waals surface area (Å²) in [4.78, 5) is 12.4. The molecule has 27 heavy (non-hydrogen) atoms. The second kappa shape index (κ2) is 6.68. The number of nitrogens with two attached hydrogens (primary N) is 1. The maximum atomic E-state index is 14.4. The summed E-state index contributed by atoms with van der Waals surface area (Å²) in [5.74, 6) is -0.304. The Morgan fingerprint density at radius 1 is 0.889 bits per heavy atom. The van der Waals surface area contributed by atoms with Crippen molar-refractivity contribution in [2.75, 3.05) is 5.73 Å². The quantitative estimate of drug-likeness (QED) is 0.553. The molecule has 2 aromatic heterocycles. The number of fused-ring (bicyclic) bond motifs is 1. The Bertz CT molecular complexity index is 1150. The summed E-state index contributed by atoms with van der Waals surface area (Å²) in [5, 5.41) is 0.645. The number of pyridine rings is 1. The number of halogens is 3. The molecule has 4 aromatic rings. The average molecular weight is 366 g/mol. The third kappa shape index (κ3) is 3.08. The standard InChI is InChI=1S/C20H13F3N4/c21-16-5-3-12(19(22)23)9-14(16)18-13(2-1-7-25-18)11-4-6-17-15(8-11)20(24)27-10-26-17/h1-10,19H,(H2,24,26,27). The number of alkyl halides is 2. The first-order chi connectivity index (χ1) is 13.0. The van der Waals surface area contributed by atoms with Crippen LogP contribution in [0.1, 0.15) is 12.0 Å². The van der Waals surface area contributed by atoms with Crippen molar-refractivity contribution in [3.8, 4) is 22.4 Å². The van der Waals surface area contributed by atoms with Crippen LogP contribution in [0.5, 0.6) is 0 Å². The molecule has 0 amide bonds. The number of aromatic nitrogens is 3. The van der Waals surface area contributed by atoms with Gasteiger partial charge in [0.1, 0.15) is 18.0 Å². The van der Waals surface area contributed by atoms with E-state index in [1.807, 2.05) is 0 Å². The fourth-order valence-electron chi connectivity index (χ4n) is 2.96. The molecule has 0 radical (unpaired) electrons. The lowest BCUT2D eigenvalue weighted by Gasteiger charge is -2.12. The predicted molar refractivity (Wildman–Crippen MR) is 97.5 cm³/mol. The van der Waals surface area contributed by atoms with E-state index < -0.39 is 12.2 Å². The number of anilines is 1. The molecule has 0 spiro atoms. The molecular weight excluding hydrogens is 353 g/mol. The Labute approximate surface area is 152 Å². The van der Waals surface area contributed by atoms with Crippen LogP contribution in [-0.2, 0) is 0 Å². The monoisotopic (exact) mass is 366 g/mol. The fourth-order valence-corrected chi connectivity index (χ4v) is 2.96. The molecule has 0 fully saturated rings. The van der Waals surface area contributed by atoms with Crippen LogP contribution in [0.25, 0.3) is 33.3 Å². The molecule has 0 aliphatic heterocycles. The number of hydrogen-bond donors (Lipinski definition) is 1. The SMILES string of the molecule is Nc1ncnc2ccc(-c3cccnc3-c3cc(C(F)F)ccc3F)cc12. The van der Waals surface area contributed by atoms with Gasteiger partial charge in [0.15, 0.2) is 0 Å². The fraction of sp³-hybridized carbons (Fsp3) is 0.0500. The summed E-state index contributed by atoms with van der Waals surface area (Å²) in [6.45, 7) is 0. The highest BCUT2D eigenvalue weighted by molar-refractivity contribution is 5.93. The lowest BCUT2D eigenvalue weighted by Crippen LogP contribution is -1.96. The minimum Gasteiger partial charge on any atom is -0.383 e. The summed E-state index contributed by atoms with van der Waals surface area (Å²) in [6.07, 6.45) is 0.165. The van der Waals surface area contributed by atoms with Crippen LogP contribution in [-0.4, -0.2) is 15.0 Å². The molecule has 2 N–H and O–H groups in total. The van der Waals surface area contributed by atoms with E-state index in [1.54, 1.807) is 30.3 Å². The van der Waals surface area contributed by atoms with Crippen molar-refractivity contribution in [3.63, 3.8) is 0 Å². The van der Waals surface area contributed by atoms with Crippen LogP contribution < -0.4 is 5.73 Å². The molecule has 0 saturated carbocycles. The maximum absolute atomic E-state index is 14.4. The van der Waals surface area contributed by atoms with Gasteiger partial charge in [-0.1, -0.05) is 18.2 Å². The highest BCUT2D eigenvalue weighted by atomic mass is 19.3. The first-order valence-corrected chi connectivity index (χ1v) is 8.08. The van der Waals surface area contributed by atoms with Gasteiger partial charge in [0, 0.05) is 28.3 Å². The number of hydrogen-bond acceptors (Lipinski definition) is 4. The van der Waals surface area contributed by atoms with Gasteiger partial charge in [-0.15, -0.1) is 0 Å². The van der Waals surface area contributed by atoms with Crippen LogP contribution >= 0.6 is 0 Å². The number of nitrogens with zero attached hydrogens (tertiary/aromatic N) is 3. The summed E-state index contributed by atoms with van der Waals surface area (Å²) >= 11 is 0. The van der Waals surface area contributed by atoms with Crippen LogP contribution in [0.3, 0.4) is 0 Å². The van der Waals surface area contributed by atoms with E-state index in [-0.39, 0.29) is 16.8 Å². The Morgan fingerprint density at radius 3 is 2.56 bits per heavy atom. The van der Waals surface area contributed by atoms with Gasteiger partial charge in [-0.25, -0.2) is 23.1 Å². The number of rotatable bonds is 3. The lowest BCUT2D eigenvalue weighted by molar-refractivity contribution is 0.151. The molecule has 0 aliphatic carbocycles. The van der Waals surface area contributed by atoms with Gasteiger partial charge in [-0.2, -0.15) is 0 Å². The Morgan fingerprint density at radius 2 is 1.74 bits per heavy atom. The van der Waals surface area contributed by atoms with E-state index in [2.05, 4.69) is 15.0 Å². The normalized spacial score (nSPS) is 11.3. The summed E-state index contributed by atoms with van der Waals surface area (Å²) in [6, 6.07) is 12.0. The van der Waals surface area contributed by atoms with E-state index in [0.717, 1.165) is 18.2 Å². The van der Waals surface area contributed by atoms with Crippen molar-refractivity contribution < 1.29 is 13.2 Å². The third-order valence-electron chi connectivity index (χ3n) is 4.28. The van der Waals surface area contributed by atoms with Crippen molar-refractivity contribution >= 4 is 16.7 Å². The molecule has 4 nitrogen and oxygen atoms in total. The maximum Gasteiger partial charge on any atom is 0.263 e. The summed E-state index contributed by atoms with van der Waals surface area (Å²) in [7, 11) is 0. The molecule has 134 valence electrons. The zero-order chi connectivity index (χ0) is 19.0. The van der Waals surface area contributed by atoms with E-state index in [4.69, 9.17) is 5.73 Å². The van der Waals surface area contributed by atoms with E-state index in [1.165, 1.54) is 12.5 Å². The first kappa shape index (κ1) is 17.0. The summed E-state index contributed by atoms with van der Waals surface area (Å²) < 4.78 is 40.5. The average Bonchev–Trinajstić information content (AvgIpc) is 2.68. The molecule has 2 aromatic carbocycles. The smallest absolute Gasteiger partial charge is 0.263 e. The van der Waals surface area contributed by atoms with Gasteiger partial charge >= 0.3 is 0 Å². The highest BCUT2D eigenvalue weighted by Gasteiger charge is 2.17. The van der Waals surface area contributed by atoms with Gasteiger partial charge in [0.25, 0.3) is 6.43 Å². The van der Waals surface area contributed by atoms with Crippen LogP contribution in [0.2, 0.25) is 0 Å². The number of nitrogen functional groups attached to an aromatic ring is 1. The van der Waals surface area contributed by atoms with Crippen LogP contribution in [0.4, 0.5) is 19.0 Å². The van der Waals surface area contributed by atoms with Gasteiger partial charge in [0.05, 0.1) is 11.2 Å². The summed E-state index contributed by atoms with van der Waals surface area (Å²) in [5.41, 5.74) is 7.90. The Balaban J connectivity index is 1.93. The van der Waals surface area contributed by atoms with Gasteiger partial charge in [-0.3, -0.25) is 4.98 Å². The zero-order valence-corrected chi connectivity index (χ0v) is 13.9.